The molecular formula is C25H18ClFN2O4S. The molecule has 1 aliphatic rings. The highest BCUT2D eigenvalue weighted by atomic mass is 35.5. The third-order valence-corrected chi connectivity index (χ3v) is 6.85. The van der Waals surface area contributed by atoms with Crippen molar-refractivity contribution >= 4 is 38.6 Å². The molecule has 172 valence electrons. The Labute approximate surface area is 200 Å². The fourth-order valence-corrected chi connectivity index (χ4v) is 4.65. The number of benzene rings is 3. The minimum atomic E-state index is -4.97. The average Bonchev–Trinajstić information content (AvgIpc) is 3.05. The third kappa shape index (κ3) is 4.34. The maximum absolute atomic E-state index is 13.5. The zero-order chi connectivity index (χ0) is 23.9. The van der Waals surface area contributed by atoms with Crippen LogP contribution in [-0.4, -0.2) is 37.4 Å². The highest BCUT2D eigenvalue weighted by Crippen LogP contribution is 2.31. The second kappa shape index (κ2) is 8.70. The van der Waals surface area contributed by atoms with Gasteiger partial charge in [0, 0.05) is 29.3 Å². The summed E-state index contributed by atoms with van der Waals surface area (Å²) in [5, 5.41) is 1.05. The van der Waals surface area contributed by atoms with Gasteiger partial charge in [0.1, 0.15) is 12.4 Å². The quantitative estimate of drug-likeness (QED) is 0.362. The van der Waals surface area contributed by atoms with Crippen molar-refractivity contribution in [1.82, 2.24) is 9.88 Å². The van der Waals surface area contributed by atoms with Gasteiger partial charge in [-0.05, 0) is 48.0 Å². The van der Waals surface area contributed by atoms with Crippen LogP contribution in [0, 0.1) is 0 Å². The molecule has 0 N–H and O–H groups in total. The zero-order valence-electron chi connectivity index (χ0n) is 17.7. The molecule has 6 nitrogen and oxygen atoms in total. The Balaban J connectivity index is 1.48. The van der Waals surface area contributed by atoms with Crippen LogP contribution < -0.4 is 4.74 Å². The van der Waals surface area contributed by atoms with Crippen molar-refractivity contribution in [2.45, 2.75) is 11.4 Å². The van der Waals surface area contributed by atoms with Crippen molar-refractivity contribution in [3.05, 3.63) is 89.1 Å². The lowest BCUT2D eigenvalue weighted by atomic mass is 10.0. The van der Waals surface area contributed by atoms with E-state index in [1.165, 1.54) is 11.0 Å². The molecular weight excluding hydrogens is 479 g/mol. The first-order chi connectivity index (χ1) is 16.3. The molecule has 0 saturated heterocycles. The lowest BCUT2D eigenvalue weighted by molar-refractivity contribution is 0.0733. The molecule has 1 amide bonds. The number of para-hydroxylation sites is 1. The van der Waals surface area contributed by atoms with Crippen molar-refractivity contribution in [3.8, 4) is 16.9 Å². The first-order valence-corrected chi connectivity index (χ1v) is 12.2. The number of amides is 1. The zero-order valence-corrected chi connectivity index (χ0v) is 19.3. The molecule has 2 heterocycles. The van der Waals surface area contributed by atoms with E-state index in [0.717, 1.165) is 39.7 Å². The van der Waals surface area contributed by atoms with Crippen LogP contribution in [0.2, 0.25) is 5.02 Å². The number of halogens is 2. The third-order valence-electron chi connectivity index (χ3n) is 5.70. The molecule has 0 spiro atoms. The Bertz CT molecular complexity index is 1540. The number of rotatable bonds is 3. The Morgan fingerprint density at radius 2 is 1.85 bits per heavy atom. The van der Waals surface area contributed by atoms with E-state index < -0.39 is 21.0 Å². The minimum Gasteiger partial charge on any atom is -0.491 e. The van der Waals surface area contributed by atoms with Gasteiger partial charge in [-0.15, -0.1) is 3.89 Å². The second-order valence-electron chi connectivity index (χ2n) is 7.89. The molecule has 3 aromatic carbocycles. The highest BCUT2D eigenvalue weighted by Gasteiger charge is 2.25. The van der Waals surface area contributed by atoms with Crippen molar-refractivity contribution < 1.29 is 21.8 Å². The second-order valence-corrected chi connectivity index (χ2v) is 9.65. The first kappa shape index (κ1) is 22.3. The monoisotopic (exact) mass is 496 g/mol. The van der Waals surface area contributed by atoms with E-state index in [-0.39, 0.29) is 30.3 Å². The molecule has 9 heteroatoms. The fourth-order valence-electron chi connectivity index (χ4n) is 3.97. The van der Waals surface area contributed by atoms with E-state index in [0.29, 0.717) is 5.75 Å². The predicted molar refractivity (Wildman–Crippen MR) is 127 cm³/mol. The van der Waals surface area contributed by atoms with Gasteiger partial charge in [-0.3, -0.25) is 9.78 Å². The number of aromatic nitrogens is 1. The van der Waals surface area contributed by atoms with Gasteiger partial charge in [-0.2, -0.15) is 8.42 Å². The van der Waals surface area contributed by atoms with Crippen LogP contribution >= 0.6 is 11.6 Å². The van der Waals surface area contributed by atoms with Crippen molar-refractivity contribution in [2.24, 2.45) is 0 Å². The molecule has 0 atom stereocenters. The van der Waals surface area contributed by atoms with Gasteiger partial charge >= 0.3 is 10.2 Å². The largest absolute Gasteiger partial charge is 0.491 e. The van der Waals surface area contributed by atoms with Gasteiger partial charge in [0.25, 0.3) is 5.91 Å². The summed E-state index contributed by atoms with van der Waals surface area (Å²) in [6, 6.07) is 18.8. The van der Waals surface area contributed by atoms with Crippen LogP contribution in [0.4, 0.5) is 3.89 Å². The van der Waals surface area contributed by atoms with Gasteiger partial charge in [-0.1, -0.05) is 35.9 Å². The molecule has 0 saturated carbocycles. The summed E-state index contributed by atoms with van der Waals surface area (Å²) in [5.74, 6) is 0.142. The molecule has 0 radical (unpaired) electrons. The summed E-state index contributed by atoms with van der Waals surface area (Å²) >= 11 is 6.15. The fraction of sp³-hybridized carbons (Fsp3) is 0.120. The van der Waals surface area contributed by atoms with E-state index >= 15 is 0 Å². The summed E-state index contributed by atoms with van der Waals surface area (Å²) in [6.07, 6.45) is 1.80. The van der Waals surface area contributed by atoms with Crippen LogP contribution in [-0.2, 0) is 16.8 Å². The van der Waals surface area contributed by atoms with Gasteiger partial charge in [0.2, 0.25) is 0 Å². The van der Waals surface area contributed by atoms with Gasteiger partial charge < -0.3 is 9.64 Å². The molecule has 0 unspecified atom stereocenters. The summed E-state index contributed by atoms with van der Waals surface area (Å²) in [7, 11) is -4.97. The summed E-state index contributed by atoms with van der Waals surface area (Å²) < 4.78 is 41.9. The van der Waals surface area contributed by atoms with Crippen molar-refractivity contribution in [1.29, 1.82) is 0 Å². The lowest BCUT2D eigenvalue weighted by Gasteiger charge is -2.21. The number of pyridine rings is 1. The maximum Gasteiger partial charge on any atom is 0.332 e. The summed E-state index contributed by atoms with van der Waals surface area (Å²) in [5.41, 5.74) is 3.43. The van der Waals surface area contributed by atoms with Crippen LogP contribution in [0.15, 0.2) is 77.8 Å². The summed E-state index contributed by atoms with van der Waals surface area (Å²) in [4.78, 5) is 18.6. The SMILES string of the molecule is O=C(c1cc(S(=O)(=O)F)ccc1Cl)N1CCOc2ccc(-c3cnc4ccccc4c3)cc2C1. The average molecular weight is 497 g/mol. The Morgan fingerprint density at radius 3 is 2.68 bits per heavy atom. The number of hydrogen-bond acceptors (Lipinski definition) is 5. The molecule has 1 aromatic heterocycles. The number of ether oxygens (including phenoxy) is 1. The topological polar surface area (TPSA) is 76.6 Å². The Kier molecular flexibility index (Phi) is 5.71. The number of carbonyl (C=O) groups is 1. The molecule has 1 aliphatic heterocycles. The number of nitrogens with zero attached hydrogens (tertiary/aromatic N) is 2. The van der Waals surface area contributed by atoms with E-state index in [9.17, 15) is 17.1 Å². The van der Waals surface area contributed by atoms with Gasteiger partial charge in [-0.25, -0.2) is 0 Å². The molecule has 0 fully saturated rings. The van der Waals surface area contributed by atoms with Crippen molar-refractivity contribution in [3.63, 3.8) is 0 Å². The predicted octanol–water partition coefficient (Wildman–Crippen LogP) is 5.25. The highest BCUT2D eigenvalue weighted by molar-refractivity contribution is 7.86. The normalized spacial score (nSPS) is 13.8. The van der Waals surface area contributed by atoms with Crippen molar-refractivity contribution in [2.75, 3.05) is 13.2 Å². The molecule has 0 bridgehead atoms. The van der Waals surface area contributed by atoms with Crippen LogP contribution in [0.5, 0.6) is 5.75 Å². The maximum atomic E-state index is 13.5. The lowest BCUT2D eigenvalue weighted by Crippen LogP contribution is -2.32. The Hall–Kier alpha value is -3.49. The first-order valence-electron chi connectivity index (χ1n) is 10.4. The van der Waals surface area contributed by atoms with E-state index in [1.807, 2.05) is 48.5 Å². The van der Waals surface area contributed by atoms with Gasteiger partial charge in [0.05, 0.1) is 27.5 Å². The molecule has 0 aliphatic carbocycles. The molecule has 4 aromatic rings. The Morgan fingerprint density at radius 1 is 1.03 bits per heavy atom. The van der Waals surface area contributed by atoms with Crippen LogP contribution in [0.1, 0.15) is 15.9 Å². The number of hydrogen-bond donors (Lipinski definition) is 0. The van der Waals surface area contributed by atoms with E-state index in [1.54, 1.807) is 6.20 Å². The minimum absolute atomic E-state index is 0.0405. The molecule has 34 heavy (non-hydrogen) atoms. The number of fused-ring (bicyclic) bond motifs is 2. The summed E-state index contributed by atoms with van der Waals surface area (Å²) in [6.45, 7) is 0.712. The smallest absolute Gasteiger partial charge is 0.332 e. The molecule has 5 rings (SSSR count). The van der Waals surface area contributed by atoms with E-state index in [4.69, 9.17) is 16.3 Å². The number of carbonyl (C=O) groups excluding carboxylic acids is 1. The van der Waals surface area contributed by atoms with Gasteiger partial charge in [0.15, 0.2) is 0 Å². The van der Waals surface area contributed by atoms with Crippen LogP contribution in [0.3, 0.4) is 0 Å². The van der Waals surface area contributed by atoms with Crippen LogP contribution in [0.25, 0.3) is 22.0 Å². The standard InChI is InChI=1S/C25H18ClFN2O4S/c26-22-7-6-20(34(27,31)32)13-21(22)25(30)29-9-10-33-24-8-5-16(11-19(24)15-29)18-12-17-3-1-2-4-23(17)28-14-18/h1-8,11-14H,9-10,15H2. The van der Waals surface area contributed by atoms with E-state index in [2.05, 4.69) is 4.98 Å².